The van der Waals surface area contributed by atoms with E-state index in [0.29, 0.717) is 6.04 Å². The molecule has 2 unspecified atom stereocenters. The SMILES string of the molecule is Cc1ccc(C(C)NC2CCSc3c(F)cccc32)s1. The second kappa shape index (κ2) is 5.88. The molecular formula is C16H18FNS2. The largest absolute Gasteiger partial charge is 0.303 e. The highest BCUT2D eigenvalue weighted by Gasteiger charge is 2.24. The van der Waals surface area contributed by atoms with Gasteiger partial charge in [0.15, 0.2) is 0 Å². The number of fused-ring (bicyclic) bond motifs is 1. The Balaban J connectivity index is 1.81. The van der Waals surface area contributed by atoms with Crippen molar-refractivity contribution in [3.05, 3.63) is 51.5 Å². The van der Waals surface area contributed by atoms with Crippen LogP contribution in [0.15, 0.2) is 35.2 Å². The summed E-state index contributed by atoms with van der Waals surface area (Å²) in [4.78, 5) is 3.50. The highest BCUT2D eigenvalue weighted by molar-refractivity contribution is 7.99. The molecule has 0 radical (unpaired) electrons. The third kappa shape index (κ3) is 2.78. The van der Waals surface area contributed by atoms with Gasteiger partial charge < -0.3 is 5.32 Å². The molecule has 20 heavy (non-hydrogen) atoms. The minimum absolute atomic E-state index is 0.0846. The number of rotatable bonds is 3. The van der Waals surface area contributed by atoms with Crippen molar-refractivity contribution in [2.24, 2.45) is 0 Å². The Morgan fingerprint density at radius 2 is 2.15 bits per heavy atom. The summed E-state index contributed by atoms with van der Waals surface area (Å²) in [5.41, 5.74) is 1.11. The van der Waals surface area contributed by atoms with Crippen molar-refractivity contribution in [3.8, 4) is 0 Å². The van der Waals surface area contributed by atoms with Gasteiger partial charge in [0.25, 0.3) is 0 Å². The third-order valence-corrected chi connectivity index (χ3v) is 6.01. The number of benzene rings is 1. The van der Waals surface area contributed by atoms with Gasteiger partial charge in [-0.05, 0) is 49.8 Å². The molecule has 1 N–H and O–H groups in total. The van der Waals surface area contributed by atoms with Crippen LogP contribution < -0.4 is 5.32 Å². The lowest BCUT2D eigenvalue weighted by molar-refractivity contribution is 0.447. The van der Waals surface area contributed by atoms with Crippen molar-refractivity contribution in [2.45, 2.75) is 37.2 Å². The van der Waals surface area contributed by atoms with E-state index in [1.165, 1.54) is 9.75 Å². The third-order valence-electron chi connectivity index (χ3n) is 3.66. The molecule has 0 bridgehead atoms. The normalized spacial score (nSPS) is 19.6. The molecule has 0 fully saturated rings. The molecule has 4 heteroatoms. The van der Waals surface area contributed by atoms with E-state index in [2.05, 4.69) is 37.4 Å². The highest BCUT2D eigenvalue weighted by Crippen LogP contribution is 2.39. The van der Waals surface area contributed by atoms with Gasteiger partial charge in [0.2, 0.25) is 0 Å². The van der Waals surface area contributed by atoms with E-state index in [1.807, 2.05) is 17.4 Å². The second-order valence-corrected chi connectivity index (χ2v) is 7.61. The smallest absolute Gasteiger partial charge is 0.137 e. The minimum Gasteiger partial charge on any atom is -0.303 e. The van der Waals surface area contributed by atoms with Crippen LogP contribution in [-0.4, -0.2) is 5.75 Å². The second-order valence-electron chi connectivity index (χ2n) is 5.18. The quantitative estimate of drug-likeness (QED) is 0.848. The van der Waals surface area contributed by atoms with Gasteiger partial charge in [0.05, 0.1) is 0 Å². The molecule has 0 saturated heterocycles. The average Bonchev–Trinajstić information content (AvgIpc) is 2.87. The fourth-order valence-electron chi connectivity index (χ4n) is 2.63. The predicted molar refractivity (Wildman–Crippen MR) is 85.1 cm³/mol. The monoisotopic (exact) mass is 307 g/mol. The summed E-state index contributed by atoms with van der Waals surface area (Å²) in [7, 11) is 0. The van der Waals surface area contributed by atoms with Gasteiger partial charge in [0, 0.05) is 26.7 Å². The number of thiophene rings is 1. The number of halogens is 1. The van der Waals surface area contributed by atoms with Crippen LogP contribution in [0.5, 0.6) is 0 Å². The maximum absolute atomic E-state index is 13.9. The van der Waals surface area contributed by atoms with Crippen LogP contribution in [-0.2, 0) is 0 Å². The zero-order chi connectivity index (χ0) is 14.1. The van der Waals surface area contributed by atoms with E-state index in [9.17, 15) is 4.39 Å². The zero-order valence-corrected chi connectivity index (χ0v) is 13.3. The molecule has 0 spiro atoms. The van der Waals surface area contributed by atoms with Crippen molar-refractivity contribution in [2.75, 3.05) is 5.75 Å². The molecule has 1 aliphatic rings. The summed E-state index contributed by atoms with van der Waals surface area (Å²) in [6.45, 7) is 4.31. The molecule has 0 saturated carbocycles. The maximum Gasteiger partial charge on any atom is 0.137 e. The van der Waals surface area contributed by atoms with E-state index < -0.39 is 0 Å². The summed E-state index contributed by atoms with van der Waals surface area (Å²) in [5, 5.41) is 3.66. The van der Waals surface area contributed by atoms with Crippen molar-refractivity contribution < 1.29 is 4.39 Å². The Morgan fingerprint density at radius 1 is 1.30 bits per heavy atom. The Labute approximate surface area is 127 Å². The summed E-state index contributed by atoms with van der Waals surface area (Å²) in [5.74, 6) is 0.889. The molecule has 0 aliphatic carbocycles. The van der Waals surface area contributed by atoms with Gasteiger partial charge in [0.1, 0.15) is 5.82 Å². The fourth-order valence-corrected chi connectivity index (χ4v) is 4.66. The molecule has 106 valence electrons. The zero-order valence-electron chi connectivity index (χ0n) is 11.7. The lowest BCUT2D eigenvalue weighted by Crippen LogP contribution is -2.27. The lowest BCUT2D eigenvalue weighted by Gasteiger charge is -2.28. The Morgan fingerprint density at radius 3 is 2.90 bits per heavy atom. The van der Waals surface area contributed by atoms with Crippen LogP contribution in [0.1, 0.15) is 40.7 Å². The number of hydrogen-bond donors (Lipinski definition) is 1. The summed E-state index contributed by atoms with van der Waals surface area (Å²) >= 11 is 3.46. The van der Waals surface area contributed by atoms with Crippen LogP contribution in [0.25, 0.3) is 0 Å². The van der Waals surface area contributed by atoms with Crippen LogP contribution in [0, 0.1) is 12.7 Å². The van der Waals surface area contributed by atoms with Gasteiger partial charge in [-0.3, -0.25) is 0 Å². The fraction of sp³-hybridized carbons (Fsp3) is 0.375. The number of hydrogen-bond acceptors (Lipinski definition) is 3. The Kier molecular flexibility index (Phi) is 4.15. The van der Waals surface area contributed by atoms with Crippen LogP contribution in [0.4, 0.5) is 4.39 Å². The van der Waals surface area contributed by atoms with E-state index in [4.69, 9.17) is 0 Å². The van der Waals surface area contributed by atoms with Gasteiger partial charge in [-0.2, -0.15) is 0 Å². The Hall–Kier alpha value is -0.840. The highest BCUT2D eigenvalue weighted by atomic mass is 32.2. The predicted octanol–water partition coefficient (Wildman–Crippen LogP) is 5.08. The molecule has 2 heterocycles. The van der Waals surface area contributed by atoms with Crippen molar-refractivity contribution in [1.29, 1.82) is 0 Å². The van der Waals surface area contributed by atoms with Crippen molar-refractivity contribution >= 4 is 23.1 Å². The average molecular weight is 307 g/mol. The van der Waals surface area contributed by atoms with E-state index in [-0.39, 0.29) is 11.9 Å². The maximum atomic E-state index is 13.9. The van der Waals surface area contributed by atoms with Crippen LogP contribution in [0.2, 0.25) is 0 Å². The molecular weight excluding hydrogens is 289 g/mol. The van der Waals surface area contributed by atoms with Gasteiger partial charge in [-0.1, -0.05) is 12.1 Å². The molecule has 0 amide bonds. The first-order valence-corrected chi connectivity index (χ1v) is 8.69. The summed E-state index contributed by atoms with van der Waals surface area (Å²) in [6.07, 6.45) is 1.05. The van der Waals surface area contributed by atoms with Gasteiger partial charge in [-0.15, -0.1) is 23.1 Å². The Bertz CT molecular complexity index is 608. The minimum atomic E-state index is -0.0846. The molecule has 1 aromatic carbocycles. The summed E-state index contributed by atoms with van der Waals surface area (Å²) < 4.78 is 13.9. The first-order chi connectivity index (χ1) is 9.65. The standard InChI is InChI=1S/C16H18FNS2/c1-10-6-7-15(20-10)11(2)18-14-8-9-19-16-12(14)4-3-5-13(16)17/h3-7,11,14,18H,8-9H2,1-2H3. The molecule has 1 aliphatic heterocycles. The van der Waals surface area contributed by atoms with Crippen molar-refractivity contribution in [1.82, 2.24) is 5.32 Å². The first-order valence-electron chi connectivity index (χ1n) is 6.89. The molecule has 1 nitrogen and oxygen atoms in total. The van der Waals surface area contributed by atoms with Crippen molar-refractivity contribution in [3.63, 3.8) is 0 Å². The lowest BCUT2D eigenvalue weighted by atomic mass is 10.0. The van der Waals surface area contributed by atoms with Gasteiger partial charge >= 0.3 is 0 Å². The van der Waals surface area contributed by atoms with Crippen LogP contribution >= 0.6 is 23.1 Å². The number of thioether (sulfide) groups is 1. The first kappa shape index (κ1) is 14.1. The topological polar surface area (TPSA) is 12.0 Å². The summed E-state index contributed by atoms with van der Waals surface area (Å²) in [6, 6.07) is 10.3. The molecule has 3 rings (SSSR count). The number of nitrogens with one attached hydrogen (secondary N) is 1. The van der Waals surface area contributed by atoms with E-state index in [0.717, 1.165) is 22.6 Å². The van der Waals surface area contributed by atoms with Gasteiger partial charge in [-0.25, -0.2) is 4.39 Å². The molecule has 2 atom stereocenters. The van der Waals surface area contributed by atoms with E-state index >= 15 is 0 Å². The molecule has 2 aromatic rings. The number of aryl methyl sites for hydroxylation is 1. The molecule has 1 aromatic heterocycles. The van der Waals surface area contributed by atoms with Crippen LogP contribution in [0.3, 0.4) is 0 Å². The van der Waals surface area contributed by atoms with E-state index in [1.54, 1.807) is 17.8 Å².